The van der Waals surface area contributed by atoms with Crippen molar-refractivity contribution in [2.75, 3.05) is 18.0 Å². The summed E-state index contributed by atoms with van der Waals surface area (Å²) in [6, 6.07) is 5.83. The number of rotatable bonds is 6. The monoisotopic (exact) mass is 291 g/mol. The zero-order valence-electron chi connectivity index (χ0n) is 11.9. The Bertz CT molecular complexity index is 596. The van der Waals surface area contributed by atoms with Crippen molar-refractivity contribution in [3.05, 3.63) is 42.0 Å². The minimum Gasteiger partial charge on any atom is -0.330 e. The Morgan fingerprint density at radius 2 is 2.10 bits per heavy atom. The van der Waals surface area contributed by atoms with Crippen LogP contribution in [-0.2, 0) is 17.8 Å². The third kappa shape index (κ3) is 3.85. The first-order valence-electron chi connectivity index (χ1n) is 6.79. The fourth-order valence-corrected chi connectivity index (χ4v) is 2.03. The summed E-state index contributed by atoms with van der Waals surface area (Å²) in [5.74, 6) is -0.460. The maximum Gasteiger partial charge on any atom is 0.248 e. The summed E-state index contributed by atoms with van der Waals surface area (Å²) in [7, 11) is 0. The van der Waals surface area contributed by atoms with Gasteiger partial charge in [0.15, 0.2) is 0 Å². The van der Waals surface area contributed by atoms with E-state index in [4.69, 9.17) is 5.73 Å². The van der Waals surface area contributed by atoms with E-state index >= 15 is 0 Å². The van der Waals surface area contributed by atoms with Crippen LogP contribution in [0.15, 0.2) is 30.5 Å². The maximum atomic E-state index is 12.9. The number of nitrogens with two attached hydrogens (primary N) is 1. The van der Waals surface area contributed by atoms with E-state index in [0.717, 1.165) is 5.69 Å². The Balaban J connectivity index is 2.07. The van der Waals surface area contributed by atoms with Gasteiger partial charge in [0.25, 0.3) is 0 Å². The van der Waals surface area contributed by atoms with Crippen molar-refractivity contribution in [3.63, 3.8) is 0 Å². The van der Waals surface area contributed by atoms with Gasteiger partial charge in [-0.3, -0.25) is 4.79 Å². The molecule has 0 aliphatic heterocycles. The molecule has 0 spiro atoms. The summed E-state index contributed by atoms with van der Waals surface area (Å²) in [5.41, 5.74) is 6.86. The van der Waals surface area contributed by atoms with Crippen LogP contribution >= 0.6 is 0 Å². The fourth-order valence-electron chi connectivity index (χ4n) is 2.03. The van der Waals surface area contributed by atoms with Gasteiger partial charge in [0.05, 0.1) is 5.69 Å². The molecule has 0 radical (unpaired) electrons. The van der Waals surface area contributed by atoms with Crippen molar-refractivity contribution in [1.82, 2.24) is 15.0 Å². The zero-order chi connectivity index (χ0) is 15.2. The lowest BCUT2D eigenvalue weighted by atomic mass is 10.2. The Morgan fingerprint density at radius 1 is 1.38 bits per heavy atom. The Hall–Kier alpha value is -2.28. The molecule has 1 aromatic carbocycles. The van der Waals surface area contributed by atoms with E-state index in [0.29, 0.717) is 25.2 Å². The number of hydrogen-bond donors (Lipinski definition) is 1. The molecule has 1 aromatic heterocycles. The van der Waals surface area contributed by atoms with Crippen molar-refractivity contribution in [2.45, 2.75) is 19.9 Å². The number of nitrogens with zero attached hydrogens (tertiary/aromatic N) is 4. The average molecular weight is 291 g/mol. The second-order valence-corrected chi connectivity index (χ2v) is 4.56. The van der Waals surface area contributed by atoms with Crippen molar-refractivity contribution in [2.24, 2.45) is 5.73 Å². The highest BCUT2D eigenvalue weighted by atomic mass is 19.1. The van der Waals surface area contributed by atoms with Gasteiger partial charge in [0, 0.05) is 24.8 Å². The van der Waals surface area contributed by atoms with E-state index < -0.39 is 0 Å². The molecule has 0 aliphatic carbocycles. The van der Waals surface area contributed by atoms with Crippen LogP contribution in [0, 0.1) is 5.82 Å². The topological polar surface area (TPSA) is 77.0 Å². The highest BCUT2D eigenvalue weighted by Gasteiger charge is 2.15. The Morgan fingerprint density at radius 3 is 2.71 bits per heavy atom. The Labute approximate surface area is 122 Å². The molecule has 0 bridgehead atoms. The maximum absolute atomic E-state index is 12.9. The molecule has 21 heavy (non-hydrogen) atoms. The number of carbonyl (C=O) groups is 1. The molecule has 0 aliphatic rings. The largest absolute Gasteiger partial charge is 0.330 e. The first-order chi connectivity index (χ1) is 10.1. The van der Waals surface area contributed by atoms with Crippen molar-refractivity contribution >= 4 is 11.6 Å². The molecule has 1 heterocycles. The van der Waals surface area contributed by atoms with Crippen LogP contribution in [0.1, 0.15) is 12.6 Å². The number of likely N-dealkylation sites (N-methyl/N-ethyl adjacent to an activating group) is 1. The fraction of sp³-hybridized carbons (Fsp3) is 0.357. The van der Waals surface area contributed by atoms with E-state index in [-0.39, 0.29) is 18.3 Å². The molecule has 6 nitrogen and oxygen atoms in total. The number of anilines is 1. The molecule has 0 saturated heterocycles. The van der Waals surface area contributed by atoms with Crippen LogP contribution in [0.2, 0.25) is 0 Å². The quantitative estimate of drug-likeness (QED) is 0.860. The van der Waals surface area contributed by atoms with Crippen LogP contribution in [0.25, 0.3) is 0 Å². The summed E-state index contributed by atoms with van der Waals surface area (Å²) in [6.45, 7) is 2.93. The molecule has 0 atom stereocenters. The smallest absolute Gasteiger partial charge is 0.248 e. The number of amides is 1. The third-order valence-electron chi connectivity index (χ3n) is 3.04. The molecule has 112 valence electrons. The van der Waals surface area contributed by atoms with Crippen molar-refractivity contribution in [1.29, 1.82) is 0 Å². The van der Waals surface area contributed by atoms with E-state index in [1.54, 1.807) is 23.2 Å². The normalized spacial score (nSPS) is 10.6. The van der Waals surface area contributed by atoms with E-state index in [1.165, 1.54) is 16.8 Å². The molecular weight excluding hydrogens is 273 g/mol. The summed E-state index contributed by atoms with van der Waals surface area (Å²) in [5, 5.41) is 7.84. The van der Waals surface area contributed by atoms with Crippen molar-refractivity contribution in [3.8, 4) is 0 Å². The van der Waals surface area contributed by atoms with E-state index in [9.17, 15) is 9.18 Å². The molecule has 2 aromatic rings. The lowest BCUT2D eigenvalue weighted by molar-refractivity contribution is -0.119. The van der Waals surface area contributed by atoms with Crippen LogP contribution in [0.5, 0.6) is 0 Å². The van der Waals surface area contributed by atoms with Gasteiger partial charge in [-0.2, -0.15) is 0 Å². The first kappa shape index (κ1) is 15.1. The van der Waals surface area contributed by atoms with Gasteiger partial charge in [0.2, 0.25) is 5.91 Å². The average Bonchev–Trinajstić information content (AvgIpc) is 2.89. The van der Waals surface area contributed by atoms with Gasteiger partial charge >= 0.3 is 0 Å². The van der Waals surface area contributed by atoms with Gasteiger partial charge in [-0.1, -0.05) is 5.21 Å². The van der Waals surface area contributed by atoms with E-state index in [1.807, 2.05) is 6.92 Å². The Kier molecular flexibility index (Phi) is 4.99. The SMILES string of the molecule is CCN(C(=O)Cn1cc(CCN)nn1)c1ccc(F)cc1. The van der Waals surface area contributed by atoms with Crippen LogP contribution < -0.4 is 10.6 Å². The molecule has 2 N–H and O–H groups in total. The lowest BCUT2D eigenvalue weighted by Gasteiger charge is -2.20. The standard InChI is InChI=1S/C14H18FN5O/c1-2-20(13-5-3-11(15)4-6-13)14(21)10-19-9-12(7-8-16)17-18-19/h3-6,9H,2,7-8,10,16H2,1H3. The van der Waals surface area contributed by atoms with Crippen LogP contribution in [0.3, 0.4) is 0 Å². The molecule has 0 unspecified atom stereocenters. The minimum absolute atomic E-state index is 0.0861. The highest BCUT2D eigenvalue weighted by Crippen LogP contribution is 2.15. The molecule has 2 rings (SSSR count). The third-order valence-corrected chi connectivity index (χ3v) is 3.04. The van der Waals surface area contributed by atoms with Gasteiger partial charge < -0.3 is 10.6 Å². The molecule has 0 saturated carbocycles. The van der Waals surface area contributed by atoms with Crippen LogP contribution in [0.4, 0.5) is 10.1 Å². The van der Waals surface area contributed by atoms with Gasteiger partial charge in [0.1, 0.15) is 12.4 Å². The van der Waals surface area contributed by atoms with Crippen LogP contribution in [-0.4, -0.2) is 34.0 Å². The number of carbonyl (C=O) groups excluding carboxylic acids is 1. The number of hydrogen-bond acceptors (Lipinski definition) is 4. The summed E-state index contributed by atoms with van der Waals surface area (Å²) >= 11 is 0. The van der Waals surface area contributed by atoms with Gasteiger partial charge in [-0.15, -0.1) is 5.10 Å². The van der Waals surface area contributed by atoms with Gasteiger partial charge in [-0.25, -0.2) is 9.07 Å². The summed E-state index contributed by atoms with van der Waals surface area (Å²) in [6.07, 6.45) is 2.34. The van der Waals surface area contributed by atoms with E-state index in [2.05, 4.69) is 10.3 Å². The molecule has 0 fully saturated rings. The predicted octanol–water partition coefficient (Wildman–Crippen LogP) is 0.971. The second-order valence-electron chi connectivity index (χ2n) is 4.56. The molecular formula is C14H18FN5O. The lowest BCUT2D eigenvalue weighted by Crippen LogP contribution is -2.33. The minimum atomic E-state index is -0.329. The highest BCUT2D eigenvalue weighted by molar-refractivity contribution is 5.93. The number of halogens is 1. The predicted molar refractivity (Wildman–Crippen MR) is 77.2 cm³/mol. The second kappa shape index (κ2) is 6.94. The number of benzene rings is 1. The van der Waals surface area contributed by atoms with Gasteiger partial charge in [-0.05, 0) is 37.7 Å². The summed E-state index contributed by atoms with van der Waals surface area (Å²) < 4.78 is 14.4. The molecule has 1 amide bonds. The van der Waals surface area contributed by atoms with Crippen molar-refractivity contribution < 1.29 is 9.18 Å². The number of aromatic nitrogens is 3. The molecule has 7 heteroatoms. The summed E-state index contributed by atoms with van der Waals surface area (Å²) in [4.78, 5) is 13.9. The zero-order valence-corrected chi connectivity index (χ0v) is 11.9. The first-order valence-corrected chi connectivity index (χ1v) is 6.79.